The molecule has 6 rings (SSSR count). The van der Waals surface area contributed by atoms with Gasteiger partial charge in [-0.05, 0) is 146 Å². The van der Waals surface area contributed by atoms with Gasteiger partial charge in [0.15, 0.2) is 0 Å². The van der Waals surface area contributed by atoms with Gasteiger partial charge in [0.1, 0.15) is 17.4 Å². The smallest absolute Gasteiger partial charge is 0.337 e. The van der Waals surface area contributed by atoms with Crippen molar-refractivity contribution in [1.29, 1.82) is 0 Å². The van der Waals surface area contributed by atoms with Crippen LogP contribution in [0, 0.1) is 18.6 Å². The fourth-order valence-corrected chi connectivity index (χ4v) is 7.04. The van der Waals surface area contributed by atoms with Gasteiger partial charge in [-0.25, -0.2) is 13.6 Å². The summed E-state index contributed by atoms with van der Waals surface area (Å²) in [5, 5.41) is 9.53. The van der Waals surface area contributed by atoms with Crippen molar-refractivity contribution in [3.05, 3.63) is 124 Å². The van der Waals surface area contributed by atoms with Crippen LogP contribution < -0.4 is 4.74 Å². The maximum Gasteiger partial charge on any atom is 0.337 e. The second-order valence-electron chi connectivity index (χ2n) is 13.5. The Bertz CT molecular complexity index is 1870. The quantitative estimate of drug-likeness (QED) is 0.196. The van der Waals surface area contributed by atoms with Gasteiger partial charge < -0.3 is 14.6 Å². The number of halogens is 2. The summed E-state index contributed by atoms with van der Waals surface area (Å²) in [6, 6.07) is 21.2. The summed E-state index contributed by atoms with van der Waals surface area (Å²) in [4.78, 5) is 12.1. The van der Waals surface area contributed by atoms with Gasteiger partial charge in [-0.2, -0.15) is 0 Å². The third kappa shape index (κ3) is 9.83. The number of carbonyl (C=O) groups excluding carboxylic acids is 1. The van der Waals surface area contributed by atoms with Gasteiger partial charge in [-0.1, -0.05) is 67.7 Å². The molecule has 1 N–H and O–H groups in total. The van der Waals surface area contributed by atoms with Crippen LogP contribution in [0.25, 0.3) is 33.4 Å². The third-order valence-corrected chi connectivity index (χ3v) is 9.86. The standard InChI is InChI=1S/C23H25FO3.C22H25FO/c1-26-18-11-13-22(24)21(15-18)19-12-10-17(23(25)27-2)14-20(19)16-8-6-4-3-5-7-9-16;1-16-9-12-22(23)21(13-16)19-11-10-17(15-24)14-20(19)18-7-5-3-2-4-6-8-18/h8,10-15H,3-7,9H2,1-2H3;7,9-14,24H,2-6,8,15H2,1H3/b16-8+;18-7+. The maximum atomic E-state index is 14.6. The number of methoxy groups -OCH3 is 2. The van der Waals surface area contributed by atoms with Crippen molar-refractivity contribution >= 4 is 17.1 Å². The van der Waals surface area contributed by atoms with Gasteiger partial charge >= 0.3 is 5.97 Å². The molecule has 4 aromatic carbocycles. The number of hydrogen-bond donors (Lipinski definition) is 1. The summed E-state index contributed by atoms with van der Waals surface area (Å²) in [6.07, 6.45) is 18.2. The number of hydrogen-bond acceptors (Lipinski definition) is 4. The lowest BCUT2D eigenvalue weighted by atomic mass is 9.88. The Labute approximate surface area is 301 Å². The lowest BCUT2D eigenvalue weighted by Crippen LogP contribution is -2.04. The molecule has 0 atom stereocenters. The number of aliphatic hydroxyl groups excluding tert-OH is 1. The van der Waals surface area contributed by atoms with Crippen molar-refractivity contribution in [3.8, 4) is 28.0 Å². The molecule has 0 saturated carbocycles. The van der Waals surface area contributed by atoms with Gasteiger partial charge in [0.2, 0.25) is 0 Å². The van der Waals surface area contributed by atoms with Crippen LogP contribution in [0.2, 0.25) is 0 Å². The zero-order chi connectivity index (χ0) is 36.2. The summed E-state index contributed by atoms with van der Waals surface area (Å²) in [5.74, 6) is -0.291. The Morgan fingerprint density at radius 3 is 1.80 bits per heavy atom. The minimum Gasteiger partial charge on any atom is -0.497 e. The van der Waals surface area contributed by atoms with E-state index in [0.29, 0.717) is 22.4 Å². The molecule has 0 saturated heterocycles. The molecule has 0 aliphatic heterocycles. The second kappa shape index (κ2) is 18.6. The van der Waals surface area contributed by atoms with Crippen molar-refractivity contribution in [2.24, 2.45) is 0 Å². The van der Waals surface area contributed by atoms with E-state index in [1.54, 1.807) is 43.5 Å². The molecule has 0 heterocycles. The predicted octanol–water partition coefficient (Wildman–Crippen LogP) is 12.1. The van der Waals surface area contributed by atoms with Crippen molar-refractivity contribution in [2.45, 2.75) is 90.6 Å². The zero-order valence-corrected chi connectivity index (χ0v) is 30.2. The average molecular weight is 693 g/mol. The molecule has 0 spiro atoms. The highest BCUT2D eigenvalue weighted by molar-refractivity contribution is 5.93. The first kappa shape index (κ1) is 37.7. The van der Waals surface area contributed by atoms with E-state index in [-0.39, 0.29) is 24.2 Å². The van der Waals surface area contributed by atoms with Crippen LogP contribution >= 0.6 is 0 Å². The fourth-order valence-electron chi connectivity index (χ4n) is 7.04. The van der Waals surface area contributed by atoms with Crippen molar-refractivity contribution < 1.29 is 28.2 Å². The van der Waals surface area contributed by atoms with Gasteiger partial charge in [0, 0.05) is 11.1 Å². The van der Waals surface area contributed by atoms with Crippen LogP contribution in [-0.4, -0.2) is 25.3 Å². The highest BCUT2D eigenvalue weighted by Gasteiger charge is 2.19. The predicted molar refractivity (Wildman–Crippen MR) is 204 cm³/mol. The monoisotopic (exact) mass is 692 g/mol. The molecule has 4 nitrogen and oxygen atoms in total. The molecule has 0 amide bonds. The summed E-state index contributed by atoms with van der Waals surface area (Å²) >= 11 is 0. The van der Waals surface area contributed by atoms with Gasteiger partial charge in [0.05, 0.1) is 26.4 Å². The van der Waals surface area contributed by atoms with Gasteiger partial charge in [-0.3, -0.25) is 0 Å². The van der Waals surface area contributed by atoms with E-state index in [0.717, 1.165) is 77.5 Å². The van der Waals surface area contributed by atoms with Crippen molar-refractivity contribution in [3.63, 3.8) is 0 Å². The molecule has 51 heavy (non-hydrogen) atoms. The van der Waals surface area contributed by atoms with E-state index in [1.807, 2.05) is 37.3 Å². The molecular formula is C45H50F2O4. The number of allylic oxidation sites excluding steroid dienone is 4. The molecular weight excluding hydrogens is 642 g/mol. The molecule has 0 unspecified atom stereocenters. The SMILES string of the molecule is COC(=O)c1ccc(-c2cc(OC)ccc2F)c(/C2=C/CCCCCC2)c1.Cc1ccc(F)c(-c2ccc(CO)cc2/C2=C/CCCCCC2)c1. The van der Waals surface area contributed by atoms with E-state index in [4.69, 9.17) is 9.47 Å². The number of esters is 1. The lowest BCUT2D eigenvalue weighted by Gasteiger charge is -2.18. The Morgan fingerprint density at radius 2 is 1.20 bits per heavy atom. The Hall–Kier alpha value is -4.55. The first-order valence-corrected chi connectivity index (χ1v) is 18.3. The zero-order valence-electron chi connectivity index (χ0n) is 30.2. The maximum absolute atomic E-state index is 14.6. The minimum atomic E-state index is -0.389. The van der Waals surface area contributed by atoms with Crippen LogP contribution in [0.1, 0.15) is 110 Å². The largest absolute Gasteiger partial charge is 0.497 e. The van der Waals surface area contributed by atoms with E-state index in [1.165, 1.54) is 57.3 Å². The Kier molecular flexibility index (Phi) is 13.8. The first-order chi connectivity index (χ1) is 24.8. The number of rotatable bonds is 7. The van der Waals surface area contributed by atoms with Crippen LogP contribution in [0.5, 0.6) is 5.75 Å². The summed E-state index contributed by atoms with van der Waals surface area (Å²) in [5.41, 5.74) is 9.66. The highest BCUT2D eigenvalue weighted by Crippen LogP contribution is 2.38. The minimum absolute atomic E-state index is 0.0108. The van der Waals surface area contributed by atoms with Crippen LogP contribution in [-0.2, 0) is 11.3 Å². The van der Waals surface area contributed by atoms with E-state index < -0.39 is 0 Å². The molecule has 2 aliphatic carbocycles. The number of aryl methyl sites for hydroxylation is 1. The van der Waals surface area contributed by atoms with Gasteiger partial charge in [-0.15, -0.1) is 0 Å². The third-order valence-electron chi connectivity index (χ3n) is 9.86. The lowest BCUT2D eigenvalue weighted by molar-refractivity contribution is 0.0600. The first-order valence-electron chi connectivity index (χ1n) is 18.3. The van der Waals surface area contributed by atoms with Crippen LogP contribution in [0.4, 0.5) is 8.78 Å². The van der Waals surface area contributed by atoms with Crippen molar-refractivity contribution in [2.75, 3.05) is 14.2 Å². The number of benzene rings is 4. The second-order valence-corrected chi connectivity index (χ2v) is 13.5. The van der Waals surface area contributed by atoms with Crippen molar-refractivity contribution in [1.82, 2.24) is 0 Å². The molecule has 0 aromatic heterocycles. The van der Waals surface area contributed by atoms with E-state index >= 15 is 0 Å². The van der Waals surface area contributed by atoms with Crippen LogP contribution in [0.15, 0.2) is 84.9 Å². The molecule has 6 heteroatoms. The van der Waals surface area contributed by atoms with E-state index in [2.05, 4.69) is 12.2 Å². The van der Waals surface area contributed by atoms with E-state index in [9.17, 15) is 18.7 Å². The average Bonchev–Trinajstić information content (AvgIpc) is 3.12. The number of ether oxygens (including phenoxy) is 2. The Morgan fingerprint density at radius 1 is 0.627 bits per heavy atom. The summed E-state index contributed by atoms with van der Waals surface area (Å²) in [6.45, 7) is 2.00. The summed E-state index contributed by atoms with van der Waals surface area (Å²) in [7, 11) is 2.93. The molecule has 0 radical (unpaired) electrons. The van der Waals surface area contributed by atoms with Gasteiger partial charge in [0.25, 0.3) is 0 Å². The molecule has 268 valence electrons. The molecule has 2 aliphatic rings. The molecule has 0 fully saturated rings. The van der Waals surface area contributed by atoms with Crippen LogP contribution in [0.3, 0.4) is 0 Å². The molecule has 4 aromatic rings. The Balaban J connectivity index is 0.000000199. The topological polar surface area (TPSA) is 55.8 Å². The number of carbonyl (C=O) groups is 1. The highest BCUT2D eigenvalue weighted by atomic mass is 19.1. The normalized spacial score (nSPS) is 17.1. The number of aliphatic hydroxyl groups is 1. The molecule has 0 bridgehead atoms. The summed E-state index contributed by atoms with van der Waals surface area (Å²) < 4.78 is 39.3. The fraction of sp³-hybridized carbons (Fsp3) is 0.356.